The highest BCUT2D eigenvalue weighted by atomic mass is 15.1. The van der Waals surface area contributed by atoms with E-state index in [0.29, 0.717) is 0 Å². The Balaban J connectivity index is 2.07. The number of hydrogen-bond acceptors (Lipinski definition) is 2. The Labute approximate surface area is 91.3 Å². The zero-order chi connectivity index (χ0) is 10.3. The summed E-state index contributed by atoms with van der Waals surface area (Å²) in [6.07, 6.45) is 1.32. The summed E-state index contributed by atoms with van der Waals surface area (Å²) >= 11 is 0. The van der Waals surface area contributed by atoms with E-state index in [1.165, 1.54) is 25.2 Å². The monoisotopic (exact) mass is 202 g/mol. The Hall–Kier alpha value is -1.02. The molecule has 2 atom stereocenters. The molecule has 0 saturated carbocycles. The number of benzene rings is 1. The lowest BCUT2D eigenvalue weighted by Crippen LogP contribution is -2.20. The van der Waals surface area contributed by atoms with Gasteiger partial charge < -0.3 is 10.2 Å². The van der Waals surface area contributed by atoms with E-state index < -0.39 is 0 Å². The van der Waals surface area contributed by atoms with Crippen LogP contribution in [0.25, 0.3) is 0 Å². The molecule has 0 aromatic heterocycles. The zero-order valence-corrected chi connectivity index (χ0v) is 9.24. The van der Waals surface area contributed by atoms with Gasteiger partial charge in [0, 0.05) is 31.7 Å². The number of hydrogen-bond donors (Lipinski definition) is 1. The second-order valence-electron chi connectivity index (χ2n) is 4.79. The first-order chi connectivity index (χ1) is 7.36. The summed E-state index contributed by atoms with van der Waals surface area (Å²) in [5.41, 5.74) is 2.99. The predicted octanol–water partition coefficient (Wildman–Crippen LogP) is 1.83. The van der Waals surface area contributed by atoms with Gasteiger partial charge in [0.15, 0.2) is 0 Å². The zero-order valence-electron chi connectivity index (χ0n) is 9.24. The lowest BCUT2D eigenvalue weighted by Gasteiger charge is -2.20. The minimum atomic E-state index is 0.742. The molecule has 0 amide bonds. The highest BCUT2D eigenvalue weighted by molar-refractivity contribution is 5.56. The molecule has 1 fully saturated rings. The van der Waals surface area contributed by atoms with Gasteiger partial charge in [-0.1, -0.05) is 18.2 Å². The Morgan fingerprint density at radius 1 is 1.27 bits per heavy atom. The van der Waals surface area contributed by atoms with Crippen molar-refractivity contribution in [2.24, 2.45) is 5.92 Å². The lowest BCUT2D eigenvalue weighted by atomic mass is 9.87. The third kappa shape index (κ3) is 1.44. The fourth-order valence-electron chi connectivity index (χ4n) is 3.03. The SMILES string of the molecule is CN1CCC2CNCC2c2ccccc21. The average Bonchev–Trinajstić information content (AvgIpc) is 2.69. The van der Waals surface area contributed by atoms with Gasteiger partial charge >= 0.3 is 0 Å². The summed E-state index contributed by atoms with van der Waals surface area (Å²) in [4.78, 5) is 2.41. The van der Waals surface area contributed by atoms with Crippen molar-refractivity contribution in [1.82, 2.24) is 5.32 Å². The van der Waals surface area contributed by atoms with Crippen LogP contribution in [0.3, 0.4) is 0 Å². The highest BCUT2D eigenvalue weighted by Gasteiger charge is 2.32. The Kier molecular flexibility index (Phi) is 2.17. The van der Waals surface area contributed by atoms with E-state index in [9.17, 15) is 0 Å². The van der Waals surface area contributed by atoms with Crippen molar-refractivity contribution in [2.75, 3.05) is 31.6 Å². The summed E-state index contributed by atoms with van der Waals surface area (Å²) in [7, 11) is 2.22. The molecular formula is C13H18N2. The maximum absolute atomic E-state index is 3.53. The second kappa shape index (κ2) is 3.53. The first-order valence-corrected chi connectivity index (χ1v) is 5.87. The molecule has 1 aromatic rings. The number of nitrogens with one attached hydrogen (secondary N) is 1. The van der Waals surface area contributed by atoms with Crippen LogP contribution in [-0.2, 0) is 0 Å². The van der Waals surface area contributed by atoms with E-state index >= 15 is 0 Å². The molecule has 0 spiro atoms. The van der Waals surface area contributed by atoms with Crippen molar-refractivity contribution in [3.63, 3.8) is 0 Å². The van der Waals surface area contributed by atoms with Gasteiger partial charge in [0.05, 0.1) is 0 Å². The van der Waals surface area contributed by atoms with Crippen LogP contribution in [0.5, 0.6) is 0 Å². The van der Waals surface area contributed by atoms with Crippen molar-refractivity contribution >= 4 is 5.69 Å². The lowest BCUT2D eigenvalue weighted by molar-refractivity contribution is 0.496. The van der Waals surface area contributed by atoms with Gasteiger partial charge in [0.1, 0.15) is 0 Å². The Bertz CT molecular complexity index is 361. The molecule has 0 aliphatic carbocycles. The maximum atomic E-state index is 3.53. The molecule has 0 radical (unpaired) electrons. The predicted molar refractivity (Wildman–Crippen MR) is 63.4 cm³/mol. The summed E-state index contributed by atoms with van der Waals surface area (Å²) in [5.74, 6) is 1.59. The van der Waals surface area contributed by atoms with Gasteiger partial charge in [-0.2, -0.15) is 0 Å². The Morgan fingerprint density at radius 3 is 3.07 bits per heavy atom. The molecule has 2 nitrogen and oxygen atoms in total. The topological polar surface area (TPSA) is 15.3 Å². The number of fused-ring (bicyclic) bond motifs is 3. The maximum Gasteiger partial charge on any atom is 0.0399 e. The van der Waals surface area contributed by atoms with E-state index in [1.54, 1.807) is 5.56 Å². The van der Waals surface area contributed by atoms with Gasteiger partial charge in [0.2, 0.25) is 0 Å². The minimum Gasteiger partial charge on any atom is -0.374 e. The van der Waals surface area contributed by atoms with Crippen molar-refractivity contribution in [3.05, 3.63) is 29.8 Å². The smallest absolute Gasteiger partial charge is 0.0399 e. The number of para-hydroxylation sites is 1. The first kappa shape index (κ1) is 9.22. The summed E-state index contributed by atoms with van der Waals surface area (Å²) in [5, 5.41) is 3.53. The van der Waals surface area contributed by atoms with Crippen LogP contribution in [0.1, 0.15) is 17.9 Å². The molecular weight excluding hydrogens is 184 g/mol. The molecule has 3 rings (SSSR count). The van der Waals surface area contributed by atoms with Gasteiger partial charge in [-0.15, -0.1) is 0 Å². The van der Waals surface area contributed by atoms with Crippen molar-refractivity contribution in [1.29, 1.82) is 0 Å². The van der Waals surface area contributed by atoms with E-state index in [-0.39, 0.29) is 0 Å². The molecule has 1 saturated heterocycles. The fraction of sp³-hybridized carbons (Fsp3) is 0.538. The Morgan fingerprint density at radius 2 is 2.13 bits per heavy atom. The molecule has 2 heteroatoms. The molecule has 2 aliphatic rings. The average molecular weight is 202 g/mol. The van der Waals surface area contributed by atoms with E-state index in [0.717, 1.165) is 18.4 Å². The molecule has 80 valence electrons. The fourth-order valence-corrected chi connectivity index (χ4v) is 3.03. The standard InChI is InChI=1S/C13H18N2/c1-15-7-6-10-8-14-9-12(10)11-4-2-3-5-13(11)15/h2-5,10,12,14H,6-9H2,1H3. The van der Waals surface area contributed by atoms with Gasteiger partial charge in [-0.3, -0.25) is 0 Å². The number of anilines is 1. The van der Waals surface area contributed by atoms with Gasteiger partial charge in [0.25, 0.3) is 0 Å². The van der Waals surface area contributed by atoms with Crippen LogP contribution in [0.4, 0.5) is 5.69 Å². The third-order valence-corrected chi connectivity index (χ3v) is 3.92. The summed E-state index contributed by atoms with van der Waals surface area (Å²) < 4.78 is 0. The van der Waals surface area contributed by atoms with Crippen molar-refractivity contribution in [3.8, 4) is 0 Å². The molecule has 2 heterocycles. The van der Waals surface area contributed by atoms with E-state index in [2.05, 4.69) is 41.5 Å². The minimum absolute atomic E-state index is 0.742. The van der Waals surface area contributed by atoms with Crippen LogP contribution in [0.2, 0.25) is 0 Å². The van der Waals surface area contributed by atoms with Gasteiger partial charge in [-0.25, -0.2) is 0 Å². The van der Waals surface area contributed by atoms with Crippen LogP contribution in [0, 0.1) is 5.92 Å². The normalized spacial score (nSPS) is 29.5. The first-order valence-electron chi connectivity index (χ1n) is 5.87. The molecule has 2 aliphatic heterocycles. The van der Waals surface area contributed by atoms with E-state index in [4.69, 9.17) is 0 Å². The van der Waals surface area contributed by atoms with Crippen LogP contribution in [-0.4, -0.2) is 26.7 Å². The number of nitrogens with zero attached hydrogens (tertiary/aromatic N) is 1. The van der Waals surface area contributed by atoms with Crippen LogP contribution in [0.15, 0.2) is 24.3 Å². The molecule has 0 bridgehead atoms. The highest BCUT2D eigenvalue weighted by Crippen LogP contribution is 2.38. The third-order valence-electron chi connectivity index (χ3n) is 3.92. The largest absolute Gasteiger partial charge is 0.374 e. The quantitative estimate of drug-likeness (QED) is 0.690. The summed E-state index contributed by atoms with van der Waals surface area (Å²) in [6.45, 7) is 3.56. The molecule has 2 unspecified atom stereocenters. The summed E-state index contributed by atoms with van der Waals surface area (Å²) in [6, 6.07) is 8.89. The number of rotatable bonds is 0. The molecule has 1 aromatic carbocycles. The molecule has 1 N–H and O–H groups in total. The van der Waals surface area contributed by atoms with Crippen molar-refractivity contribution in [2.45, 2.75) is 12.3 Å². The second-order valence-corrected chi connectivity index (χ2v) is 4.79. The van der Waals surface area contributed by atoms with Gasteiger partial charge in [-0.05, 0) is 30.5 Å². The van der Waals surface area contributed by atoms with Crippen molar-refractivity contribution < 1.29 is 0 Å². The van der Waals surface area contributed by atoms with Crippen LogP contribution < -0.4 is 10.2 Å². The van der Waals surface area contributed by atoms with E-state index in [1.807, 2.05) is 0 Å². The molecule has 15 heavy (non-hydrogen) atoms. The van der Waals surface area contributed by atoms with Crippen LogP contribution >= 0.6 is 0 Å².